The zero-order valence-corrected chi connectivity index (χ0v) is 14.7. The summed E-state index contributed by atoms with van der Waals surface area (Å²) in [5.74, 6) is 0.843. The summed E-state index contributed by atoms with van der Waals surface area (Å²) < 4.78 is 0. The van der Waals surface area contributed by atoms with Crippen LogP contribution in [-0.2, 0) is 11.3 Å². The van der Waals surface area contributed by atoms with Gasteiger partial charge in [0.05, 0.1) is 23.8 Å². The van der Waals surface area contributed by atoms with Crippen molar-refractivity contribution < 1.29 is 4.79 Å². The lowest BCUT2D eigenvalue weighted by Gasteiger charge is -2.28. The third-order valence-corrected chi connectivity index (χ3v) is 5.00. The van der Waals surface area contributed by atoms with Crippen LogP contribution in [0.15, 0.2) is 55.0 Å². The fourth-order valence-electron chi connectivity index (χ4n) is 3.59. The SMILES string of the molecule is O=C(C1CCCCC1)N(Cc1cccnc1)c1cnc2ccccc2n1. The van der Waals surface area contributed by atoms with Crippen LogP contribution < -0.4 is 4.90 Å². The summed E-state index contributed by atoms with van der Waals surface area (Å²) in [7, 11) is 0. The molecule has 0 saturated heterocycles. The van der Waals surface area contributed by atoms with Gasteiger partial charge in [0.1, 0.15) is 0 Å². The molecule has 0 bridgehead atoms. The van der Waals surface area contributed by atoms with Crippen molar-refractivity contribution in [3.8, 4) is 0 Å². The molecule has 5 nitrogen and oxygen atoms in total. The van der Waals surface area contributed by atoms with E-state index in [0.717, 1.165) is 42.3 Å². The zero-order valence-electron chi connectivity index (χ0n) is 14.7. The highest BCUT2D eigenvalue weighted by Gasteiger charge is 2.28. The molecule has 0 aliphatic heterocycles. The van der Waals surface area contributed by atoms with E-state index in [4.69, 9.17) is 4.98 Å². The molecule has 0 atom stereocenters. The van der Waals surface area contributed by atoms with Crippen molar-refractivity contribution in [2.45, 2.75) is 38.6 Å². The first kappa shape index (κ1) is 16.6. The molecule has 0 unspecified atom stereocenters. The Labute approximate surface area is 153 Å². The zero-order chi connectivity index (χ0) is 17.8. The molecule has 3 aromatic rings. The van der Waals surface area contributed by atoms with Gasteiger partial charge in [-0.2, -0.15) is 0 Å². The lowest BCUT2D eigenvalue weighted by atomic mass is 9.88. The van der Waals surface area contributed by atoms with Gasteiger partial charge in [0, 0.05) is 18.3 Å². The molecule has 1 saturated carbocycles. The highest BCUT2D eigenvalue weighted by Crippen LogP contribution is 2.28. The second-order valence-electron chi connectivity index (χ2n) is 6.84. The number of carbonyl (C=O) groups is 1. The normalized spacial score (nSPS) is 15.1. The highest BCUT2D eigenvalue weighted by molar-refractivity contribution is 5.94. The van der Waals surface area contributed by atoms with Crippen LogP contribution in [0.1, 0.15) is 37.7 Å². The van der Waals surface area contributed by atoms with Gasteiger partial charge < -0.3 is 0 Å². The number of pyridine rings is 1. The Morgan fingerprint density at radius 2 is 1.81 bits per heavy atom. The van der Waals surface area contributed by atoms with Crippen LogP contribution in [0.2, 0.25) is 0 Å². The summed E-state index contributed by atoms with van der Waals surface area (Å²) in [6, 6.07) is 11.6. The molecule has 26 heavy (non-hydrogen) atoms. The molecule has 1 aromatic carbocycles. The Morgan fingerprint density at radius 3 is 2.58 bits per heavy atom. The number of nitrogens with zero attached hydrogens (tertiary/aromatic N) is 4. The van der Waals surface area contributed by atoms with Gasteiger partial charge in [-0.3, -0.25) is 19.7 Å². The number of amides is 1. The Bertz CT molecular complexity index is 891. The topological polar surface area (TPSA) is 59.0 Å². The van der Waals surface area contributed by atoms with Crippen molar-refractivity contribution in [3.05, 3.63) is 60.6 Å². The van der Waals surface area contributed by atoms with Crippen LogP contribution in [0.25, 0.3) is 11.0 Å². The number of benzene rings is 1. The molecule has 1 aliphatic rings. The van der Waals surface area contributed by atoms with Crippen LogP contribution in [0.5, 0.6) is 0 Å². The summed E-state index contributed by atoms with van der Waals surface area (Å²) in [5.41, 5.74) is 2.63. The summed E-state index contributed by atoms with van der Waals surface area (Å²) in [4.78, 5) is 28.4. The van der Waals surface area contributed by atoms with Crippen molar-refractivity contribution in [1.82, 2.24) is 15.0 Å². The molecule has 0 N–H and O–H groups in total. The Hall–Kier alpha value is -2.82. The molecule has 132 valence electrons. The number of carbonyl (C=O) groups excluding carboxylic acids is 1. The predicted octanol–water partition coefficient (Wildman–Crippen LogP) is 4.14. The van der Waals surface area contributed by atoms with E-state index in [0.29, 0.717) is 12.4 Å². The number of rotatable bonds is 4. The van der Waals surface area contributed by atoms with Gasteiger partial charge in [0.15, 0.2) is 5.82 Å². The quantitative estimate of drug-likeness (QED) is 0.712. The molecule has 0 spiro atoms. The molecule has 1 aliphatic carbocycles. The van der Waals surface area contributed by atoms with Crippen molar-refractivity contribution in [2.24, 2.45) is 5.92 Å². The van der Waals surface area contributed by atoms with Gasteiger partial charge in [-0.05, 0) is 36.6 Å². The van der Waals surface area contributed by atoms with E-state index in [9.17, 15) is 4.79 Å². The second kappa shape index (κ2) is 7.60. The third kappa shape index (κ3) is 3.57. The van der Waals surface area contributed by atoms with Gasteiger partial charge in [-0.15, -0.1) is 0 Å². The minimum absolute atomic E-state index is 0.0775. The number of aromatic nitrogens is 3. The smallest absolute Gasteiger partial charge is 0.231 e. The Balaban J connectivity index is 1.69. The molecular formula is C21H22N4O. The summed E-state index contributed by atoms with van der Waals surface area (Å²) in [6.45, 7) is 0.468. The molecule has 0 radical (unpaired) electrons. The van der Waals surface area contributed by atoms with Crippen LogP contribution >= 0.6 is 0 Å². The number of para-hydroxylation sites is 2. The summed E-state index contributed by atoms with van der Waals surface area (Å²) in [6.07, 6.45) is 10.7. The maximum Gasteiger partial charge on any atom is 0.231 e. The molecular weight excluding hydrogens is 324 g/mol. The first-order valence-corrected chi connectivity index (χ1v) is 9.23. The van der Waals surface area contributed by atoms with Crippen molar-refractivity contribution >= 4 is 22.8 Å². The Morgan fingerprint density at radius 1 is 1.00 bits per heavy atom. The van der Waals surface area contributed by atoms with Crippen LogP contribution in [-0.4, -0.2) is 20.9 Å². The van der Waals surface area contributed by atoms with E-state index in [1.807, 2.05) is 36.4 Å². The Kier molecular flexibility index (Phi) is 4.86. The first-order valence-electron chi connectivity index (χ1n) is 9.23. The molecule has 5 heteroatoms. The van der Waals surface area contributed by atoms with Gasteiger partial charge in [-0.1, -0.05) is 37.5 Å². The van der Waals surface area contributed by atoms with Crippen molar-refractivity contribution in [3.63, 3.8) is 0 Å². The van der Waals surface area contributed by atoms with Gasteiger partial charge >= 0.3 is 0 Å². The number of anilines is 1. The van der Waals surface area contributed by atoms with Crippen LogP contribution in [0, 0.1) is 5.92 Å². The van der Waals surface area contributed by atoms with E-state index in [2.05, 4.69) is 9.97 Å². The third-order valence-electron chi connectivity index (χ3n) is 5.00. The largest absolute Gasteiger partial charge is 0.291 e. The lowest BCUT2D eigenvalue weighted by molar-refractivity contribution is -0.123. The van der Waals surface area contributed by atoms with Crippen molar-refractivity contribution in [2.75, 3.05) is 4.90 Å². The number of hydrogen-bond acceptors (Lipinski definition) is 4. The molecule has 1 fully saturated rings. The first-order chi connectivity index (χ1) is 12.8. The second-order valence-corrected chi connectivity index (χ2v) is 6.84. The van der Waals surface area contributed by atoms with Crippen molar-refractivity contribution in [1.29, 1.82) is 0 Å². The van der Waals surface area contributed by atoms with E-state index in [-0.39, 0.29) is 11.8 Å². The fourth-order valence-corrected chi connectivity index (χ4v) is 3.59. The molecule has 2 aromatic heterocycles. The number of hydrogen-bond donors (Lipinski definition) is 0. The predicted molar refractivity (Wildman–Crippen MR) is 102 cm³/mol. The van der Waals surface area contributed by atoms with E-state index < -0.39 is 0 Å². The minimum atomic E-state index is 0.0775. The van der Waals surface area contributed by atoms with Gasteiger partial charge in [-0.25, -0.2) is 4.98 Å². The van der Waals surface area contributed by atoms with Gasteiger partial charge in [0.2, 0.25) is 5.91 Å². The maximum atomic E-state index is 13.3. The van der Waals surface area contributed by atoms with Crippen LogP contribution in [0.4, 0.5) is 5.82 Å². The number of fused-ring (bicyclic) bond motifs is 1. The lowest BCUT2D eigenvalue weighted by Crippen LogP contribution is -2.37. The summed E-state index contributed by atoms with van der Waals surface area (Å²) >= 11 is 0. The standard InChI is InChI=1S/C21H22N4O/c26-21(17-8-2-1-3-9-17)25(15-16-7-6-12-22-13-16)20-14-23-18-10-4-5-11-19(18)24-20/h4-7,10-14,17H,1-3,8-9,15H2. The molecule has 4 rings (SSSR count). The maximum absolute atomic E-state index is 13.3. The average molecular weight is 346 g/mol. The summed E-state index contributed by atoms with van der Waals surface area (Å²) in [5, 5.41) is 0. The van der Waals surface area contributed by atoms with E-state index >= 15 is 0 Å². The average Bonchev–Trinajstić information content (AvgIpc) is 2.72. The minimum Gasteiger partial charge on any atom is -0.291 e. The monoisotopic (exact) mass is 346 g/mol. The fraction of sp³-hybridized carbons (Fsp3) is 0.333. The van der Waals surface area contributed by atoms with E-state index in [1.54, 1.807) is 23.5 Å². The van der Waals surface area contributed by atoms with E-state index in [1.165, 1.54) is 6.42 Å². The molecule has 1 amide bonds. The highest BCUT2D eigenvalue weighted by atomic mass is 16.2. The van der Waals surface area contributed by atoms with Crippen LogP contribution in [0.3, 0.4) is 0 Å². The molecule has 2 heterocycles. The van der Waals surface area contributed by atoms with Gasteiger partial charge in [0.25, 0.3) is 0 Å².